The molecule has 0 radical (unpaired) electrons. The van der Waals surface area contributed by atoms with Gasteiger partial charge in [-0.1, -0.05) is 0 Å². The summed E-state index contributed by atoms with van der Waals surface area (Å²) in [5.74, 6) is 0.130. The number of piperidine rings is 1. The summed E-state index contributed by atoms with van der Waals surface area (Å²) >= 11 is 0. The van der Waals surface area contributed by atoms with Crippen LogP contribution < -0.4 is 16.6 Å². The van der Waals surface area contributed by atoms with E-state index < -0.39 is 11.2 Å². The van der Waals surface area contributed by atoms with Gasteiger partial charge in [0.1, 0.15) is 5.69 Å². The Morgan fingerprint density at radius 3 is 2.63 bits per heavy atom. The second-order valence-corrected chi connectivity index (χ2v) is 4.88. The van der Waals surface area contributed by atoms with E-state index in [0.29, 0.717) is 12.5 Å². The Bertz CT molecular complexity index is 528. The second kappa shape index (κ2) is 5.83. The molecule has 1 aromatic rings. The fraction of sp³-hybridized carbons (Fsp3) is 0.583. The van der Waals surface area contributed by atoms with E-state index in [1.54, 1.807) is 11.9 Å². The van der Waals surface area contributed by atoms with Crippen LogP contribution in [0.5, 0.6) is 0 Å². The molecule has 1 aromatic heterocycles. The number of nitrogens with zero attached hydrogens (tertiary/aromatic N) is 1. The van der Waals surface area contributed by atoms with Crippen molar-refractivity contribution in [3.05, 3.63) is 32.6 Å². The molecule has 7 heteroatoms. The van der Waals surface area contributed by atoms with Gasteiger partial charge in [-0.2, -0.15) is 0 Å². The highest BCUT2D eigenvalue weighted by atomic mass is 16.2. The number of aromatic nitrogens is 2. The monoisotopic (exact) mass is 266 g/mol. The summed E-state index contributed by atoms with van der Waals surface area (Å²) in [5.41, 5.74) is -1.20. The molecule has 19 heavy (non-hydrogen) atoms. The van der Waals surface area contributed by atoms with Gasteiger partial charge < -0.3 is 15.2 Å². The molecule has 104 valence electrons. The first-order valence-electron chi connectivity index (χ1n) is 6.36. The molecule has 1 aliphatic heterocycles. The first-order valence-corrected chi connectivity index (χ1v) is 6.36. The van der Waals surface area contributed by atoms with Gasteiger partial charge in [-0.3, -0.25) is 14.6 Å². The first-order chi connectivity index (χ1) is 9.06. The van der Waals surface area contributed by atoms with Gasteiger partial charge in [0.2, 0.25) is 0 Å². The van der Waals surface area contributed by atoms with Gasteiger partial charge in [-0.25, -0.2) is 4.79 Å². The molecule has 0 unspecified atom stereocenters. The largest absolute Gasteiger partial charge is 0.340 e. The van der Waals surface area contributed by atoms with E-state index >= 15 is 0 Å². The summed E-state index contributed by atoms with van der Waals surface area (Å²) in [6.07, 6.45) is 2.06. The van der Waals surface area contributed by atoms with Gasteiger partial charge in [0.25, 0.3) is 11.5 Å². The molecule has 0 aromatic carbocycles. The van der Waals surface area contributed by atoms with Crippen molar-refractivity contribution in [3.63, 3.8) is 0 Å². The topological polar surface area (TPSA) is 98.1 Å². The van der Waals surface area contributed by atoms with Crippen molar-refractivity contribution >= 4 is 5.91 Å². The number of hydrogen-bond donors (Lipinski definition) is 3. The lowest BCUT2D eigenvalue weighted by atomic mass is 9.97. The van der Waals surface area contributed by atoms with Crippen molar-refractivity contribution in [2.45, 2.75) is 12.8 Å². The molecule has 3 N–H and O–H groups in total. The van der Waals surface area contributed by atoms with Gasteiger partial charge in [0.05, 0.1) is 0 Å². The molecule has 2 heterocycles. The molecule has 1 aliphatic rings. The third kappa shape index (κ3) is 3.54. The lowest BCUT2D eigenvalue weighted by Crippen LogP contribution is -2.38. The standard InChI is InChI=1S/C12H18N4O3/c1-16(7-8-2-4-13-5-3-8)11(18)9-6-10(17)15-12(19)14-9/h6,8,13H,2-5,7H2,1H3,(H2,14,15,17,19). The Kier molecular flexibility index (Phi) is 4.16. The predicted molar refractivity (Wildman–Crippen MR) is 70.2 cm³/mol. The summed E-state index contributed by atoms with van der Waals surface area (Å²) in [6.45, 7) is 2.57. The summed E-state index contributed by atoms with van der Waals surface area (Å²) < 4.78 is 0. The maximum Gasteiger partial charge on any atom is 0.326 e. The Morgan fingerprint density at radius 2 is 2.00 bits per heavy atom. The molecular weight excluding hydrogens is 248 g/mol. The van der Waals surface area contributed by atoms with E-state index in [0.717, 1.165) is 32.0 Å². The zero-order chi connectivity index (χ0) is 13.8. The zero-order valence-electron chi connectivity index (χ0n) is 10.9. The number of carbonyl (C=O) groups excluding carboxylic acids is 1. The Hall–Kier alpha value is -1.89. The third-order valence-electron chi connectivity index (χ3n) is 3.33. The van der Waals surface area contributed by atoms with E-state index in [4.69, 9.17) is 0 Å². The summed E-state index contributed by atoms with van der Waals surface area (Å²) in [5, 5.41) is 3.27. The molecule has 7 nitrogen and oxygen atoms in total. The molecule has 0 saturated carbocycles. The fourth-order valence-electron chi connectivity index (χ4n) is 2.32. The van der Waals surface area contributed by atoms with Gasteiger partial charge in [0.15, 0.2) is 0 Å². The minimum absolute atomic E-state index is 0.0326. The second-order valence-electron chi connectivity index (χ2n) is 4.88. The minimum Gasteiger partial charge on any atom is -0.340 e. The average molecular weight is 266 g/mol. The number of amides is 1. The maximum atomic E-state index is 12.1. The van der Waals surface area contributed by atoms with Crippen molar-refractivity contribution < 1.29 is 4.79 Å². The predicted octanol–water partition coefficient (Wildman–Crippen LogP) is -0.865. The zero-order valence-corrected chi connectivity index (χ0v) is 10.9. The normalized spacial score (nSPS) is 16.3. The van der Waals surface area contributed by atoms with Crippen LogP contribution in [0.2, 0.25) is 0 Å². The van der Waals surface area contributed by atoms with Crippen LogP contribution in [0.15, 0.2) is 15.7 Å². The highest BCUT2D eigenvalue weighted by Gasteiger charge is 2.19. The molecule has 1 fully saturated rings. The quantitative estimate of drug-likeness (QED) is 0.662. The van der Waals surface area contributed by atoms with E-state index in [2.05, 4.69) is 10.3 Å². The maximum absolute atomic E-state index is 12.1. The van der Waals surface area contributed by atoms with Crippen LogP contribution >= 0.6 is 0 Å². The van der Waals surface area contributed by atoms with Crippen LogP contribution in [-0.2, 0) is 0 Å². The van der Waals surface area contributed by atoms with Gasteiger partial charge >= 0.3 is 5.69 Å². The van der Waals surface area contributed by atoms with Crippen LogP contribution in [0.3, 0.4) is 0 Å². The van der Waals surface area contributed by atoms with Crippen molar-refractivity contribution in [1.82, 2.24) is 20.2 Å². The summed E-state index contributed by atoms with van der Waals surface area (Å²) in [7, 11) is 1.68. The Morgan fingerprint density at radius 1 is 1.32 bits per heavy atom. The number of rotatable bonds is 3. The lowest BCUT2D eigenvalue weighted by Gasteiger charge is -2.27. The van der Waals surface area contributed by atoms with Crippen LogP contribution in [0.25, 0.3) is 0 Å². The molecule has 0 aliphatic carbocycles. The number of aromatic amines is 2. The molecule has 0 atom stereocenters. The van der Waals surface area contributed by atoms with Crippen molar-refractivity contribution in [2.75, 3.05) is 26.7 Å². The summed E-state index contributed by atoms with van der Waals surface area (Å²) in [6, 6.07) is 1.11. The van der Waals surface area contributed by atoms with E-state index in [9.17, 15) is 14.4 Å². The van der Waals surface area contributed by atoms with Crippen LogP contribution in [0.1, 0.15) is 23.3 Å². The average Bonchev–Trinajstić information content (AvgIpc) is 2.37. The van der Waals surface area contributed by atoms with Crippen molar-refractivity contribution in [3.8, 4) is 0 Å². The van der Waals surface area contributed by atoms with Crippen LogP contribution in [0, 0.1) is 5.92 Å². The first kappa shape index (κ1) is 13.5. The highest BCUT2D eigenvalue weighted by Crippen LogP contribution is 2.13. The number of carbonyl (C=O) groups is 1. The summed E-state index contributed by atoms with van der Waals surface area (Å²) in [4.78, 5) is 40.4. The third-order valence-corrected chi connectivity index (χ3v) is 3.33. The molecular formula is C12H18N4O3. The Balaban J connectivity index is 2.05. The molecule has 0 spiro atoms. The highest BCUT2D eigenvalue weighted by molar-refractivity contribution is 5.91. The van der Waals surface area contributed by atoms with E-state index in [1.165, 1.54) is 0 Å². The molecule has 1 saturated heterocycles. The molecule has 1 amide bonds. The number of hydrogen-bond acceptors (Lipinski definition) is 4. The SMILES string of the molecule is CN(CC1CCNCC1)C(=O)c1cc(=O)[nH]c(=O)[nH]1. The van der Waals surface area contributed by atoms with Crippen LogP contribution in [0.4, 0.5) is 0 Å². The van der Waals surface area contributed by atoms with Crippen molar-refractivity contribution in [2.24, 2.45) is 5.92 Å². The van der Waals surface area contributed by atoms with E-state index in [-0.39, 0.29) is 11.6 Å². The van der Waals surface area contributed by atoms with Gasteiger partial charge in [0, 0.05) is 19.7 Å². The molecule has 2 rings (SSSR count). The van der Waals surface area contributed by atoms with Gasteiger partial charge in [-0.15, -0.1) is 0 Å². The smallest absolute Gasteiger partial charge is 0.326 e. The molecule has 0 bridgehead atoms. The number of H-pyrrole nitrogens is 2. The Labute approximate surface area is 110 Å². The number of nitrogens with one attached hydrogen (secondary N) is 3. The fourth-order valence-corrected chi connectivity index (χ4v) is 2.32. The van der Waals surface area contributed by atoms with Gasteiger partial charge in [-0.05, 0) is 31.8 Å². The van der Waals surface area contributed by atoms with E-state index in [1.807, 2.05) is 4.98 Å². The lowest BCUT2D eigenvalue weighted by molar-refractivity contribution is 0.0756. The van der Waals surface area contributed by atoms with Crippen molar-refractivity contribution in [1.29, 1.82) is 0 Å². The minimum atomic E-state index is -0.661. The van der Waals surface area contributed by atoms with Crippen LogP contribution in [-0.4, -0.2) is 47.5 Å².